The molecule has 0 saturated heterocycles. The SMILES string of the molecule is CC.CC.CC.CC.CC.CC1(C)c2ccccc2-c2ccccc21.c1ccc2c(c1)ccc1ccccc12.c1ccc2c(c1)oc1ccccc12.c1ccc2c(c1)sc1ccccc12.c1ccc2ccccc2c1. The summed E-state index contributed by atoms with van der Waals surface area (Å²) in [6.45, 7) is 24.6. The molecule has 2 heterocycles. The van der Waals surface area contributed by atoms with Crippen molar-refractivity contribution >= 4 is 85.8 Å². The van der Waals surface area contributed by atoms with Gasteiger partial charge in [0.15, 0.2) is 0 Å². The quantitative estimate of drug-likeness (QED) is 0.138. The second-order valence-electron chi connectivity index (χ2n) is 16.8. The van der Waals surface area contributed by atoms with Crippen LogP contribution in [0.1, 0.15) is 94.2 Å². The van der Waals surface area contributed by atoms with Gasteiger partial charge in [0.05, 0.1) is 0 Å². The molecule has 1 aliphatic carbocycles. The molecule has 0 aliphatic heterocycles. The summed E-state index contributed by atoms with van der Waals surface area (Å²) >= 11 is 1.86. The van der Waals surface area contributed by atoms with Crippen LogP contribution in [0.25, 0.3) is 85.6 Å². The van der Waals surface area contributed by atoms with Crippen LogP contribution in [0.2, 0.25) is 0 Å². The lowest BCUT2D eigenvalue weighted by Crippen LogP contribution is -2.14. The summed E-state index contributed by atoms with van der Waals surface area (Å²) in [5.74, 6) is 0. The maximum atomic E-state index is 5.65. The fraction of sp³-hybridized carbons (Fsp3) is 0.178. The number of rotatable bonds is 0. The fourth-order valence-electron chi connectivity index (χ4n) is 9.11. The second-order valence-corrected chi connectivity index (χ2v) is 17.8. The molecule has 0 radical (unpaired) electrons. The Kier molecular flexibility index (Phi) is 23.6. The lowest BCUT2D eigenvalue weighted by molar-refractivity contribution is 0.660. The van der Waals surface area contributed by atoms with E-state index in [4.69, 9.17) is 4.42 Å². The summed E-state index contributed by atoms with van der Waals surface area (Å²) in [6.07, 6.45) is 0. The smallest absolute Gasteiger partial charge is 0.135 e. The molecule has 13 aromatic rings. The highest BCUT2D eigenvalue weighted by Crippen LogP contribution is 2.48. The normalized spacial score (nSPS) is 10.8. The Bertz CT molecular complexity index is 3340. The van der Waals surface area contributed by atoms with Crippen molar-refractivity contribution in [3.8, 4) is 11.1 Å². The second kappa shape index (κ2) is 30.4. The van der Waals surface area contributed by atoms with E-state index in [0.29, 0.717) is 0 Å². The molecule has 14 rings (SSSR count). The van der Waals surface area contributed by atoms with Gasteiger partial charge in [0, 0.05) is 36.4 Å². The van der Waals surface area contributed by atoms with Gasteiger partial charge in [-0.2, -0.15) is 0 Å². The molecular formula is C73H78OS. The lowest BCUT2D eigenvalue weighted by atomic mass is 9.82. The van der Waals surface area contributed by atoms with Crippen LogP contribution in [-0.4, -0.2) is 0 Å². The Morgan fingerprint density at radius 1 is 0.253 bits per heavy atom. The minimum Gasteiger partial charge on any atom is -0.456 e. The van der Waals surface area contributed by atoms with E-state index in [1.54, 1.807) is 0 Å². The van der Waals surface area contributed by atoms with Crippen molar-refractivity contribution in [1.29, 1.82) is 0 Å². The maximum absolute atomic E-state index is 5.65. The number of thiophene rings is 1. The van der Waals surface area contributed by atoms with Crippen molar-refractivity contribution in [1.82, 2.24) is 0 Å². The predicted molar refractivity (Wildman–Crippen MR) is 339 cm³/mol. The maximum Gasteiger partial charge on any atom is 0.135 e. The molecule has 0 spiro atoms. The number of benzene rings is 11. The van der Waals surface area contributed by atoms with Crippen molar-refractivity contribution < 1.29 is 4.42 Å². The third kappa shape index (κ3) is 14.1. The van der Waals surface area contributed by atoms with Gasteiger partial charge in [0.2, 0.25) is 0 Å². The Morgan fingerprint density at radius 2 is 0.520 bits per heavy atom. The lowest BCUT2D eigenvalue weighted by Gasteiger charge is -2.20. The van der Waals surface area contributed by atoms with E-state index >= 15 is 0 Å². The van der Waals surface area contributed by atoms with Crippen molar-refractivity contribution in [2.75, 3.05) is 0 Å². The minimum atomic E-state index is 0.160. The van der Waals surface area contributed by atoms with Crippen LogP contribution in [-0.2, 0) is 5.41 Å². The Labute approximate surface area is 453 Å². The van der Waals surface area contributed by atoms with E-state index in [9.17, 15) is 0 Å². The fourth-order valence-corrected chi connectivity index (χ4v) is 10.2. The average Bonchev–Trinajstić information content (AvgIpc) is 4.16. The monoisotopic (exact) mass is 1000 g/mol. The van der Waals surface area contributed by atoms with Gasteiger partial charge >= 0.3 is 0 Å². The molecule has 2 aromatic heterocycles. The van der Waals surface area contributed by atoms with Crippen molar-refractivity contribution in [3.05, 3.63) is 266 Å². The minimum absolute atomic E-state index is 0.160. The summed E-state index contributed by atoms with van der Waals surface area (Å²) in [5.41, 5.74) is 7.79. The zero-order valence-corrected chi connectivity index (χ0v) is 47.4. The largest absolute Gasteiger partial charge is 0.456 e. The molecule has 0 amide bonds. The van der Waals surface area contributed by atoms with Gasteiger partial charge in [-0.3, -0.25) is 0 Å². The molecule has 1 nitrogen and oxygen atoms in total. The first-order chi connectivity index (χ1) is 37.0. The number of hydrogen-bond acceptors (Lipinski definition) is 2. The molecule has 0 unspecified atom stereocenters. The first-order valence-electron chi connectivity index (χ1n) is 27.3. The molecule has 2 heteroatoms. The molecule has 0 fully saturated rings. The number of furan rings is 1. The van der Waals surface area contributed by atoms with Crippen LogP contribution >= 0.6 is 11.3 Å². The highest BCUT2D eigenvalue weighted by molar-refractivity contribution is 7.25. The summed E-state index contributed by atoms with van der Waals surface area (Å²) in [4.78, 5) is 0. The Hall–Kier alpha value is -7.78. The van der Waals surface area contributed by atoms with Crippen molar-refractivity contribution in [2.45, 2.75) is 88.5 Å². The zero-order valence-electron chi connectivity index (χ0n) is 46.6. The van der Waals surface area contributed by atoms with Gasteiger partial charge < -0.3 is 4.42 Å². The molecule has 0 N–H and O–H groups in total. The molecule has 11 aromatic carbocycles. The molecule has 1 aliphatic rings. The topological polar surface area (TPSA) is 13.1 Å². The van der Waals surface area contributed by atoms with Crippen LogP contribution in [0.5, 0.6) is 0 Å². The first kappa shape index (κ1) is 58.1. The highest BCUT2D eigenvalue weighted by Gasteiger charge is 2.34. The summed E-state index contributed by atoms with van der Waals surface area (Å²) in [7, 11) is 0. The summed E-state index contributed by atoms with van der Waals surface area (Å²) in [6, 6.07) is 88.9. The molecule has 0 saturated carbocycles. The van der Waals surface area contributed by atoms with E-state index in [2.05, 4.69) is 232 Å². The number of fused-ring (bicyclic) bond motifs is 13. The average molecular weight is 1000 g/mol. The van der Waals surface area contributed by atoms with Crippen molar-refractivity contribution in [3.63, 3.8) is 0 Å². The van der Waals surface area contributed by atoms with Gasteiger partial charge in [-0.1, -0.05) is 314 Å². The van der Waals surface area contributed by atoms with E-state index < -0.39 is 0 Å². The van der Waals surface area contributed by atoms with Crippen LogP contribution in [0.4, 0.5) is 0 Å². The number of hydrogen-bond donors (Lipinski definition) is 0. The molecule has 0 bridgehead atoms. The molecular weight excluding hydrogens is 925 g/mol. The van der Waals surface area contributed by atoms with Gasteiger partial charge in [0.25, 0.3) is 0 Å². The van der Waals surface area contributed by atoms with E-state index in [-0.39, 0.29) is 5.41 Å². The van der Waals surface area contributed by atoms with Crippen LogP contribution < -0.4 is 0 Å². The Balaban J connectivity index is 0.000000167. The van der Waals surface area contributed by atoms with Gasteiger partial charge in [0.1, 0.15) is 11.2 Å². The summed E-state index contributed by atoms with van der Waals surface area (Å²) < 4.78 is 8.41. The van der Waals surface area contributed by atoms with Crippen LogP contribution in [0.15, 0.2) is 259 Å². The number of para-hydroxylation sites is 2. The predicted octanol–water partition coefficient (Wildman–Crippen LogP) is 23.6. The van der Waals surface area contributed by atoms with Gasteiger partial charge in [-0.15, -0.1) is 11.3 Å². The summed E-state index contributed by atoms with van der Waals surface area (Å²) in [5, 5.41) is 13.1. The van der Waals surface area contributed by atoms with Gasteiger partial charge in [-0.05, 0) is 78.8 Å². The standard InChI is InChI=1S/C15H14.C14H10.C12H8O.C12H8S.C10H8.5C2H6/c1-15(2)13-9-5-3-7-11(13)12-8-4-6-10-14(12)15;1-3-7-13-11(5-1)9-10-12-6-2-4-8-14(12)13;2*1-3-7-11-9(5-1)10-6-2-4-8-12(10)13-11;1-2-6-10-8-4-3-7-9(10)5-1;5*1-2/h3-10H,1-2H3;1-10H;2*1-8H;1-8H;5*1-2H3. The van der Waals surface area contributed by atoms with E-state index in [1.807, 2.05) is 117 Å². The zero-order chi connectivity index (χ0) is 54.0. The highest BCUT2D eigenvalue weighted by atomic mass is 32.1. The van der Waals surface area contributed by atoms with E-state index in [1.165, 1.54) is 85.5 Å². The first-order valence-corrected chi connectivity index (χ1v) is 28.1. The third-order valence-corrected chi connectivity index (χ3v) is 13.5. The molecule has 75 heavy (non-hydrogen) atoms. The van der Waals surface area contributed by atoms with E-state index in [0.717, 1.165) is 11.2 Å². The molecule has 382 valence electrons. The Morgan fingerprint density at radius 3 is 0.893 bits per heavy atom. The van der Waals surface area contributed by atoms with Crippen LogP contribution in [0.3, 0.4) is 0 Å². The van der Waals surface area contributed by atoms with Crippen molar-refractivity contribution in [2.24, 2.45) is 0 Å². The third-order valence-electron chi connectivity index (χ3n) is 12.4. The molecule has 0 atom stereocenters. The van der Waals surface area contributed by atoms with Crippen LogP contribution in [0, 0.1) is 0 Å². The van der Waals surface area contributed by atoms with Gasteiger partial charge in [-0.25, -0.2) is 0 Å².